The summed E-state index contributed by atoms with van der Waals surface area (Å²) in [5.74, 6) is 1.73. The van der Waals surface area contributed by atoms with Crippen molar-refractivity contribution in [3.05, 3.63) is 46.9 Å². The molecule has 0 saturated heterocycles. The molecule has 0 unspecified atom stereocenters. The second-order valence-electron chi connectivity index (χ2n) is 4.69. The second-order valence-corrected chi connectivity index (χ2v) is 5.93. The summed E-state index contributed by atoms with van der Waals surface area (Å²) in [6.07, 6.45) is 2.71. The third-order valence-electron chi connectivity index (χ3n) is 3.03. The number of nitrogens with zero attached hydrogens (tertiary/aromatic N) is 3. The van der Waals surface area contributed by atoms with E-state index in [0.29, 0.717) is 0 Å². The van der Waals surface area contributed by atoms with Crippen molar-refractivity contribution in [3.63, 3.8) is 0 Å². The van der Waals surface area contributed by atoms with Crippen LogP contribution in [-0.4, -0.2) is 21.5 Å². The molecule has 3 aromatic rings. The van der Waals surface area contributed by atoms with E-state index in [1.165, 1.54) is 4.88 Å². The van der Waals surface area contributed by atoms with Gasteiger partial charge in [0.25, 0.3) is 0 Å². The average molecular weight is 284 g/mol. The maximum atomic E-state index is 4.51. The molecule has 3 aromatic heterocycles. The van der Waals surface area contributed by atoms with E-state index in [-0.39, 0.29) is 0 Å². The minimum absolute atomic E-state index is 0.805. The first kappa shape index (κ1) is 13.0. The molecule has 3 rings (SSSR count). The molecular formula is C15H16N4S. The van der Waals surface area contributed by atoms with Crippen LogP contribution in [0.4, 0.5) is 5.82 Å². The van der Waals surface area contributed by atoms with E-state index in [4.69, 9.17) is 0 Å². The van der Waals surface area contributed by atoms with E-state index in [1.807, 2.05) is 31.3 Å². The van der Waals surface area contributed by atoms with Crippen LogP contribution in [0.15, 0.2) is 30.5 Å². The van der Waals surface area contributed by atoms with Crippen molar-refractivity contribution in [2.24, 2.45) is 0 Å². The topological polar surface area (TPSA) is 50.7 Å². The Labute approximate surface area is 121 Å². The van der Waals surface area contributed by atoms with Gasteiger partial charge in [-0.2, -0.15) is 0 Å². The Morgan fingerprint density at radius 1 is 1.20 bits per heavy atom. The van der Waals surface area contributed by atoms with Crippen molar-refractivity contribution in [2.75, 3.05) is 11.9 Å². The van der Waals surface area contributed by atoms with Crippen molar-refractivity contribution < 1.29 is 0 Å². The molecule has 0 aromatic carbocycles. The number of hydrogen-bond acceptors (Lipinski definition) is 5. The Hall–Kier alpha value is -2.01. The number of pyridine rings is 1. The highest BCUT2D eigenvalue weighted by molar-refractivity contribution is 7.18. The van der Waals surface area contributed by atoms with E-state index >= 15 is 0 Å². The monoisotopic (exact) mass is 284 g/mol. The molecule has 0 radical (unpaired) electrons. The molecule has 0 aliphatic rings. The predicted molar refractivity (Wildman–Crippen MR) is 83.3 cm³/mol. The van der Waals surface area contributed by atoms with Gasteiger partial charge in [-0.25, -0.2) is 9.97 Å². The van der Waals surface area contributed by atoms with Gasteiger partial charge in [0.15, 0.2) is 0 Å². The first-order valence-electron chi connectivity index (χ1n) is 6.61. The summed E-state index contributed by atoms with van der Waals surface area (Å²) in [5.41, 5.74) is 1.09. The van der Waals surface area contributed by atoms with Crippen molar-refractivity contribution in [1.29, 1.82) is 0 Å². The molecule has 0 spiro atoms. The summed E-state index contributed by atoms with van der Waals surface area (Å²) in [5, 5.41) is 4.52. The number of aryl methyl sites for hydroxylation is 2. The van der Waals surface area contributed by atoms with E-state index < -0.39 is 0 Å². The van der Waals surface area contributed by atoms with E-state index in [1.54, 1.807) is 11.3 Å². The molecule has 5 heteroatoms. The fourth-order valence-corrected chi connectivity index (χ4v) is 3.06. The minimum Gasteiger partial charge on any atom is -0.369 e. The van der Waals surface area contributed by atoms with Crippen LogP contribution in [0, 0.1) is 13.8 Å². The molecule has 0 aliphatic carbocycles. The number of nitrogens with one attached hydrogen (secondary N) is 1. The lowest BCUT2D eigenvalue weighted by Gasteiger charge is -2.07. The van der Waals surface area contributed by atoms with Gasteiger partial charge >= 0.3 is 0 Å². The summed E-state index contributed by atoms with van der Waals surface area (Å²) in [6, 6.07) is 8.12. The van der Waals surface area contributed by atoms with Gasteiger partial charge in [-0.1, -0.05) is 6.07 Å². The maximum absolute atomic E-state index is 4.51. The number of aromatic nitrogens is 3. The maximum Gasteiger partial charge on any atom is 0.138 e. The summed E-state index contributed by atoms with van der Waals surface area (Å²) in [6.45, 7) is 4.84. The molecule has 0 amide bonds. The Kier molecular flexibility index (Phi) is 3.60. The van der Waals surface area contributed by atoms with Gasteiger partial charge in [-0.3, -0.25) is 4.98 Å². The van der Waals surface area contributed by atoms with Crippen LogP contribution < -0.4 is 5.32 Å². The highest BCUT2D eigenvalue weighted by atomic mass is 32.1. The van der Waals surface area contributed by atoms with Crippen LogP contribution in [0.5, 0.6) is 0 Å². The van der Waals surface area contributed by atoms with E-state index in [9.17, 15) is 0 Å². The summed E-state index contributed by atoms with van der Waals surface area (Å²) >= 11 is 1.71. The molecule has 20 heavy (non-hydrogen) atoms. The van der Waals surface area contributed by atoms with Crippen LogP contribution in [0.2, 0.25) is 0 Å². The molecule has 102 valence electrons. The Morgan fingerprint density at radius 3 is 2.90 bits per heavy atom. The number of hydrogen-bond donors (Lipinski definition) is 1. The lowest BCUT2D eigenvalue weighted by Crippen LogP contribution is -2.08. The largest absolute Gasteiger partial charge is 0.369 e. The van der Waals surface area contributed by atoms with E-state index in [0.717, 1.165) is 40.5 Å². The van der Waals surface area contributed by atoms with Crippen LogP contribution in [0.25, 0.3) is 10.2 Å². The normalized spacial score (nSPS) is 10.9. The fraction of sp³-hybridized carbons (Fsp3) is 0.267. The molecule has 3 heterocycles. The summed E-state index contributed by atoms with van der Waals surface area (Å²) in [4.78, 5) is 15.6. The zero-order valence-corrected chi connectivity index (χ0v) is 12.4. The zero-order valence-electron chi connectivity index (χ0n) is 11.6. The van der Waals surface area contributed by atoms with Gasteiger partial charge in [0.05, 0.1) is 5.39 Å². The highest BCUT2D eigenvalue weighted by Crippen LogP contribution is 2.28. The van der Waals surface area contributed by atoms with E-state index in [2.05, 4.69) is 33.3 Å². The minimum atomic E-state index is 0.805. The molecule has 0 bridgehead atoms. The van der Waals surface area contributed by atoms with Gasteiger partial charge < -0.3 is 5.32 Å². The third kappa shape index (κ3) is 2.77. The first-order chi connectivity index (χ1) is 9.72. The van der Waals surface area contributed by atoms with Gasteiger partial charge in [0, 0.05) is 29.7 Å². The van der Waals surface area contributed by atoms with Crippen molar-refractivity contribution >= 4 is 27.4 Å². The van der Waals surface area contributed by atoms with Crippen LogP contribution in [0.1, 0.15) is 16.4 Å². The van der Waals surface area contributed by atoms with Crippen molar-refractivity contribution in [1.82, 2.24) is 15.0 Å². The molecule has 4 nitrogen and oxygen atoms in total. The summed E-state index contributed by atoms with van der Waals surface area (Å²) < 4.78 is 0. The second kappa shape index (κ2) is 5.54. The average Bonchev–Trinajstić information content (AvgIpc) is 2.80. The molecular weight excluding hydrogens is 268 g/mol. The van der Waals surface area contributed by atoms with Crippen molar-refractivity contribution in [3.8, 4) is 0 Å². The Bertz CT molecular complexity index is 721. The lowest BCUT2D eigenvalue weighted by atomic mass is 10.2. The zero-order chi connectivity index (χ0) is 13.9. The molecule has 1 N–H and O–H groups in total. The number of thiophene rings is 1. The SMILES string of the molecule is Cc1nc(NCCc2ccccn2)c2cc(C)sc2n1. The predicted octanol–water partition coefficient (Wildman–Crippen LogP) is 3.36. The summed E-state index contributed by atoms with van der Waals surface area (Å²) in [7, 11) is 0. The number of anilines is 1. The fourth-order valence-electron chi connectivity index (χ4n) is 2.14. The molecule has 0 fully saturated rings. The van der Waals surface area contributed by atoms with Gasteiger partial charge in [0.2, 0.25) is 0 Å². The van der Waals surface area contributed by atoms with Crippen LogP contribution in [0.3, 0.4) is 0 Å². The highest BCUT2D eigenvalue weighted by Gasteiger charge is 2.08. The van der Waals surface area contributed by atoms with Gasteiger partial charge in [0.1, 0.15) is 16.5 Å². The third-order valence-corrected chi connectivity index (χ3v) is 3.97. The number of fused-ring (bicyclic) bond motifs is 1. The molecule has 0 aliphatic heterocycles. The lowest BCUT2D eigenvalue weighted by molar-refractivity contribution is 0.950. The van der Waals surface area contributed by atoms with Gasteiger partial charge in [-0.05, 0) is 32.0 Å². The van der Waals surface area contributed by atoms with Crippen LogP contribution >= 0.6 is 11.3 Å². The quantitative estimate of drug-likeness (QED) is 0.798. The Balaban J connectivity index is 1.77. The van der Waals surface area contributed by atoms with Gasteiger partial charge in [-0.15, -0.1) is 11.3 Å². The first-order valence-corrected chi connectivity index (χ1v) is 7.42. The molecule has 0 saturated carbocycles. The standard InChI is InChI=1S/C15H16N4S/c1-10-9-13-14(18-11(2)19-15(13)20-10)17-8-6-12-5-3-4-7-16-12/h3-5,7,9H,6,8H2,1-2H3,(H,17,18,19). The molecule has 0 atom stereocenters. The van der Waals surface area contributed by atoms with Crippen LogP contribution in [-0.2, 0) is 6.42 Å². The number of rotatable bonds is 4. The van der Waals surface area contributed by atoms with Crippen molar-refractivity contribution in [2.45, 2.75) is 20.3 Å². The Morgan fingerprint density at radius 2 is 2.10 bits per heavy atom. The smallest absolute Gasteiger partial charge is 0.138 e.